The Kier molecular flexibility index (Phi) is 4.12. The second-order valence-corrected chi connectivity index (χ2v) is 3.10. The van der Waals surface area contributed by atoms with E-state index in [0.717, 1.165) is 0 Å². The van der Waals surface area contributed by atoms with Gasteiger partial charge >= 0.3 is 0 Å². The highest BCUT2D eigenvalue weighted by Crippen LogP contribution is 2.16. The molecule has 1 rings (SSSR count). The number of hydrogen-bond acceptors (Lipinski definition) is 3. The molecule has 0 radical (unpaired) electrons. The number of benzene rings is 1. The number of anilines is 1. The fourth-order valence-electron chi connectivity index (χ4n) is 1.05. The molecule has 0 aliphatic rings. The van der Waals surface area contributed by atoms with E-state index in [-0.39, 0.29) is 5.91 Å². The van der Waals surface area contributed by atoms with Crippen molar-refractivity contribution in [2.45, 2.75) is 13.0 Å². The van der Waals surface area contributed by atoms with E-state index >= 15 is 0 Å². The van der Waals surface area contributed by atoms with Crippen molar-refractivity contribution < 1.29 is 14.3 Å². The van der Waals surface area contributed by atoms with Crippen LogP contribution in [0.25, 0.3) is 0 Å². The van der Waals surface area contributed by atoms with Crippen LogP contribution in [0.2, 0.25) is 0 Å². The Labute approximate surface area is 89.2 Å². The van der Waals surface area contributed by atoms with Gasteiger partial charge in [0.15, 0.2) is 0 Å². The molecule has 0 aromatic heterocycles. The van der Waals surface area contributed by atoms with Gasteiger partial charge in [0.25, 0.3) is 5.91 Å². The van der Waals surface area contributed by atoms with Gasteiger partial charge in [-0.1, -0.05) is 6.07 Å². The summed E-state index contributed by atoms with van der Waals surface area (Å²) in [6.07, 6.45) is -0.462. The number of rotatable bonds is 4. The molecule has 1 N–H and O–H groups in total. The van der Waals surface area contributed by atoms with Gasteiger partial charge in [-0.15, -0.1) is 0 Å². The van der Waals surface area contributed by atoms with Crippen molar-refractivity contribution in [3.05, 3.63) is 24.3 Å². The largest absolute Gasteiger partial charge is 0.497 e. The summed E-state index contributed by atoms with van der Waals surface area (Å²) in [7, 11) is 3.08. The van der Waals surface area contributed by atoms with Gasteiger partial charge < -0.3 is 14.8 Å². The quantitative estimate of drug-likeness (QED) is 0.820. The Bertz CT molecular complexity index is 338. The minimum Gasteiger partial charge on any atom is -0.497 e. The SMILES string of the molecule is COc1cccc(NC(=O)C(C)OC)c1. The fraction of sp³-hybridized carbons (Fsp3) is 0.364. The number of hydrogen-bond donors (Lipinski definition) is 1. The summed E-state index contributed by atoms with van der Waals surface area (Å²) in [6.45, 7) is 1.69. The van der Waals surface area contributed by atoms with Crippen LogP contribution >= 0.6 is 0 Å². The third-order valence-corrected chi connectivity index (χ3v) is 2.06. The first kappa shape index (κ1) is 11.5. The van der Waals surface area contributed by atoms with Crippen LogP contribution in [0.15, 0.2) is 24.3 Å². The molecular formula is C11H15NO3. The van der Waals surface area contributed by atoms with Crippen LogP contribution in [0.5, 0.6) is 5.75 Å². The molecule has 0 heterocycles. The highest BCUT2D eigenvalue weighted by molar-refractivity contribution is 5.94. The predicted octanol–water partition coefficient (Wildman–Crippen LogP) is 1.67. The molecule has 0 bridgehead atoms. The van der Waals surface area contributed by atoms with Gasteiger partial charge in [-0.2, -0.15) is 0 Å². The van der Waals surface area contributed by atoms with Gasteiger partial charge in [0.1, 0.15) is 11.9 Å². The maximum Gasteiger partial charge on any atom is 0.253 e. The highest BCUT2D eigenvalue weighted by Gasteiger charge is 2.11. The average molecular weight is 209 g/mol. The Morgan fingerprint density at radius 3 is 2.73 bits per heavy atom. The lowest BCUT2D eigenvalue weighted by molar-refractivity contribution is -0.124. The van der Waals surface area contributed by atoms with Gasteiger partial charge in [0.05, 0.1) is 7.11 Å². The Hall–Kier alpha value is -1.55. The molecular weight excluding hydrogens is 194 g/mol. The maximum atomic E-state index is 11.5. The Morgan fingerprint density at radius 1 is 1.40 bits per heavy atom. The molecule has 0 aliphatic heterocycles. The summed E-state index contributed by atoms with van der Waals surface area (Å²) in [6, 6.07) is 7.17. The summed E-state index contributed by atoms with van der Waals surface area (Å²) in [5.74, 6) is 0.531. The first-order valence-electron chi connectivity index (χ1n) is 4.65. The van der Waals surface area contributed by atoms with Crippen LogP contribution in [0.4, 0.5) is 5.69 Å². The second kappa shape index (κ2) is 5.36. The molecule has 1 aromatic carbocycles. The van der Waals surface area contributed by atoms with Crippen LogP contribution in [0.1, 0.15) is 6.92 Å². The monoisotopic (exact) mass is 209 g/mol. The third-order valence-electron chi connectivity index (χ3n) is 2.06. The number of methoxy groups -OCH3 is 2. The average Bonchev–Trinajstić information content (AvgIpc) is 2.28. The molecule has 0 saturated heterocycles. The molecule has 1 aromatic rings. The van der Waals surface area contributed by atoms with Crippen LogP contribution in [-0.4, -0.2) is 26.2 Å². The second-order valence-electron chi connectivity index (χ2n) is 3.10. The van der Waals surface area contributed by atoms with Gasteiger partial charge in [0.2, 0.25) is 0 Å². The van der Waals surface area contributed by atoms with Crippen molar-refractivity contribution in [2.75, 3.05) is 19.5 Å². The number of nitrogens with one attached hydrogen (secondary N) is 1. The van der Waals surface area contributed by atoms with E-state index in [4.69, 9.17) is 9.47 Å². The zero-order chi connectivity index (χ0) is 11.3. The zero-order valence-electron chi connectivity index (χ0n) is 9.11. The summed E-state index contributed by atoms with van der Waals surface area (Å²) in [5.41, 5.74) is 0.697. The normalized spacial score (nSPS) is 11.9. The Morgan fingerprint density at radius 2 is 2.13 bits per heavy atom. The summed E-state index contributed by atoms with van der Waals surface area (Å²) in [4.78, 5) is 11.5. The molecule has 1 unspecified atom stereocenters. The molecule has 0 fully saturated rings. The Balaban J connectivity index is 2.68. The van der Waals surface area contributed by atoms with Gasteiger partial charge in [-0.3, -0.25) is 4.79 Å². The highest BCUT2D eigenvalue weighted by atomic mass is 16.5. The molecule has 4 heteroatoms. The molecule has 1 amide bonds. The van der Waals surface area contributed by atoms with E-state index in [1.807, 2.05) is 12.1 Å². The number of carbonyl (C=O) groups excluding carboxylic acids is 1. The van der Waals surface area contributed by atoms with Gasteiger partial charge in [-0.05, 0) is 19.1 Å². The first-order chi connectivity index (χ1) is 7.17. The van der Waals surface area contributed by atoms with Crippen LogP contribution in [-0.2, 0) is 9.53 Å². The van der Waals surface area contributed by atoms with Crippen LogP contribution in [0.3, 0.4) is 0 Å². The molecule has 82 valence electrons. The minimum absolute atomic E-state index is 0.175. The molecule has 4 nitrogen and oxygen atoms in total. The number of carbonyl (C=O) groups is 1. The fourth-order valence-corrected chi connectivity index (χ4v) is 1.05. The maximum absolute atomic E-state index is 11.5. The van der Waals surface area contributed by atoms with Crippen molar-refractivity contribution in [3.63, 3.8) is 0 Å². The molecule has 1 atom stereocenters. The van der Waals surface area contributed by atoms with E-state index in [2.05, 4.69) is 5.32 Å². The van der Waals surface area contributed by atoms with Crippen LogP contribution < -0.4 is 10.1 Å². The number of ether oxygens (including phenoxy) is 2. The molecule has 0 aliphatic carbocycles. The summed E-state index contributed by atoms with van der Waals surface area (Å²) in [5, 5.41) is 2.72. The lowest BCUT2D eigenvalue weighted by Gasteiger charge is -2.10. The van der Waals surface area contributed by atoms with E-state index in [9.17, 15) is 4.79 Å². The smallest absolute Gasteiger partial charge is 0.253 e. The lowest BCUT2D eigenvalue weighted by Crippen LogP contribution is -2.26. The van der Waals surface area contributed by atoms with Crippen LogP contribution in [0, 0.1) is 0 Å². The first-order valence-corrected chi connectivity index (χ1v) is 4.65. The van der Waals surface area contributed by atoms with Crippen molar-refractivity contribution in [2.24, 2.45) is 0 Å². The predicted molar refractivity (Wildman–Crippen MR) is 58.1 cm³/mol. The molecule has 15 heavy (non-hydrogen) atoms. The van der Waals surface area contributed by atoms with E-state index in [1.54, 1.807) is 26.2 Å². The summed E-state index contributed by atoms with van der Waals surface area (Å²) < 4.78 is 9.94. The van der Waals surface area contributed by atoms with Crippen molar-refractivity contribution in [1.29, 1.82) is 0 Å². The van der Waals surface area contributed by atoms with Gasteiger partial charge in [-0.25, -0.2) is 0 Å². The van der Waals surface area contributed by atoms with Crippen molar-refractivity contribution in [3.8, 4) is 5.75 Å². The van der Waals surface area contributed by atoms with Crippen molar-refractivity contribution in [1.82, 2.24) is 0 Å². The molecule has 0 saturated carbocycles. The lowest BCUT2D eigenvalue weighted by atomic mass is 10.3. The third kappa shape index (κ3) is 3.25. The zero-order valence-corrected chi connectivity index (χ0v) is 9.11. The molecule has 0 spiro atoms. The van der Waals surface area contributed by atoms with E-state index in [0.29, 0.717) is 11.4 Å². The topological polar surface area (TPSA) is 47.6 Å². The van der Waals surface area contributed by atoms with E-state index in [1.165, 1.54) is 7.11 Å². The van der Waals surface area contributed by atoms with E-state index < -0.39 is 6.10 Å². The standard InChI is InChI=1S/C11H15NO3/c1-8(14-2)11(13)12-9-5-4-6-10(7-9)15-3/h4-8H,1-3H3,(H,12,13). The minimum atomic E-state index is -0.462. The summed E-state index contributed by atoms with van der Waals surface area (Å²) >= 11 is 0. The van der Waals surface area contributed by atoms with Gasteiger partial charge in [0, 0.05) is 18.9 Å². The number of amides is 1. The van der Waals surface area contributed by atoms with Crippen molar-refractivity contribution >= 4 is 11.6 Å².